The molecule has 0 N–H and O–H groups in total. The minimum atomic E-state index is -0.436. The van der Waals surface area contributed by atoms with Gasteiger partial charge in [0.05, 0.1) is 19.1 Å². The van der Waals surface area contributed by atoms with Crippen molar-refractivity contribution in [1.82, 2.24) is 9.72 Å². The molecule has 5 rings (SSSR count). The van der Waals surface area contributed by atoms with Crippen LogP contribution in [0.5, 0.6) is 17.4 Å². The topological polar surface area (TPSA) is 92.8 Å². The minimum absolute atomic E-state index is 0.0981. The Morgan fingerprint density at radius 2 is 2.03 bits per heavy atom. The van der Waals surface area contributed by atoms with Crippen molar-refractivity contribution in [3.05, 3.63) is 76.9 Å². The Morgan fingerprint density at radius 3 is 2.82 bits per heavy atom. The lowest BCUT2D eigenvalue weighted by molar-refractivity contribution is -0.134. The predicted octanol–water partition coefficient (Wildman–Crippen LogP) is 4.64. The molecule has 2 aromatic carbocycles. The van der Waals surface area contributed by atoms with Gasteiger partial charge in [-0.15, -0.1) is 0 Å². The number of hydrogen-bond donors (Lipinski definition) is 0. The van der Waals surface area contributed by atoms with E-state index in [1.165, 1.54) is 7.11 Å². The molecule has 34 heavy (non-hydrogen) atoms. The van der Waals surface area contributed by atoms with Crippen LogP contribution in [0.4, 0.5) is 0 Å². The molecule has 0 atom stereocenters. The van der Waals surface area contributed by atoms with Gasteiger partial charge >= 0.3 is 5.97 Å². The molecule has 0 unspecified atom stereocenters. The highest BCUT2D eigenvalue weighted by atomic mass is 16.5. The van der Waals surface area contributed by atoms with Gasteiger partial charge in [0.2, 0.25) is 5.78 Å². The zero-order valence-corrected chi connectivity index (χ0v) is 19.0. The van der Waals surface area contributed by atoms with Crippen molar-refractivity contribution in [2.45, 2.75) is 19.8 Å². The smallest absolute Gasteiger partial charge is 0.311 e. The molecule has 1 aliphatic heterocycles. The van der Waals surface area contributed by atoms with Gasteiger partial charge in [-0.2, -0.15) is 0 Å². The van der Waals surface area contributed by atoms with Gasteiger partial charge in [0.15, 0.2) is 5.76 Å². The van der Waals surface area contributed by atoms with Crippen LogP contribution in [0.3, 0.4) is 0 Å². The number of ketones is 1. The van der Waals surface area contributed by atoms with Crippen molar-refractivity contribution in [3.8, 4) is 17.4 Å². The molecule has 0 spiro atoms. The molecule has 0 bridgehead atoms. The molecule has 0 fully saturated rings. The van der Waals surface area contributed by atoms with Gasteiger partial charge in [-0.25, -0.2) is 0 Å². The summed E-state index contributed by atoms with van der Waals surface area (Å²) in [7, 11) is 3.45. The lowest BCUT2D eigenvalue weighted by Gasteiger charge is -2.09. The van der Waals surface area contributed by atoms with Crippen LogP contribution >= 0.6 is 0 Å². The number of benzene rings is 2. The molecular weight excluding hydrogens is 436 g/mol. The standard InChI is InChI=1S/C26H22N2O6/c1-15-21(32-24(29)11-8-17-13-23(31-3)27-34-17)10-9-19-25(30)22(33-26(15)19)12-16-14-28(2)20-7-5-4-6-18(16)20/h4-7,9-10,12-14H,8,11H2,1-3H3/b22-12-. The fraction of sp³-hybridized carbons (Fsp3) is 0.192. The molecule has 3 heterocycles. The van der Waals surface area contributed by atoms with Crippen LogP contribution in [0, 0.1) is 6.92 Å². The summed E-state index contributed by atoms with van der Waals surface area (Å²) in [5.74, 6) is 1.22. The van der Waals surface area contributed by atoms with Gasteiger partial charge < -0.3 is 23.3 Å². The van der Waals surface area contributed by atoms with Crippen LogP contribution in [0.1, 0.15) is 33.7 Å². The number of fused-ring (bicyclic) bond motifs is 2. The highest BCUT2D eigenvalue weighted by Crippen LogP contribution is 2.40. The SMILES string of the molecule is COc1cc(CCC(=O)Oc2ccc3c(c2C)O/C(=C\c2cn(C)c4ccccc24)C3=O)on1. The number of ether oxygens (including phenoxy) is 3. The molecule has 0 saturated heterocycles. The third kappa shape index (κ3) is 3.83. The highest BCUT2D eigenvalue weighted by Gasteiger charge is 2.31. The summed E-state index contributed by atoms with van der Waals surface area (Å²) < 4.78 is 23.5. The maximum atomic E-state index is 13.0. The molecule has 8 nitrogen and oxygen atoms in total. The van der Waals surface area contributed by atoms with E-state index < -0.39 is 5.97 Å². The number of carbonyl (C=O) groups is 2. The molecule has 0 radical (unpaired) electrons. The second-order valence-corrected chi connectivity index (χ2v) is 8.03. The number of aromatic nitrogens is 2. The first-order valence-corrected chi connectivity index (χ1v) is 10.8. The Balaban J connectivity index is 1.34. The quantitative estimate of drug-likeness (QED) is 0.236. The van der Waals surface area contributed by atoms with E-state index in [9.17, 15) is 9.59 Å². The zero-order chi connectivity index (χ0) is 23.8. The van der Waals surface area contributed by atoms with E-state index in [1.807, 2.05) is 42.1 Å². The summed E-state index contributed by atoms with van der Waals surface area (Å²) in [6.45, 7) is 1.76. The first-order chi connectivity index (χ1) is 16.4. The Hall–Kier alpha value is -4.33. The van der Waals surface area contributed by atoms with Gasteiger partial charge in [0, 0.05) is 47.8 Å². The van der Waals surface area contributed by atoms with Crippen LogP contribution in [0.15, 0.2) is 58.9 Å². The summed E-state index contributed by atoms with van der Waals surface area (Å²) in [6, 6.07) is 12.8. The van der Waals surface area contributed by atoms with Gasteiger partial charge in [-0.1, -0.05) is 18.2 Å². The number of hydrogen-bond acceptors (Lipinski definition) is 7. The van der Waals surface area contributed by atoms with Gasteiger partial charge in [0.1, 0.15) is 17.3 Å². The Morgan fingerprint density at radius 1 is 1.21 bits per heavy atom. The molecular formula is C26H22N2O6. The first kappa shape index (κ1) is 21.5. The van der Waals surface area contributed by atoms with Crippen molar-refractivity contribution < 1.29 is 28.3 Å². The molecule has 4 aromatic rings. The van der Waals surface area contributed by atoms with Gasteiger partial charge in [0.25, 0.3) is 5.88 Å². The monoisotopic (exact) mass is 458 g/mol. The van der Waals surface area contributed by atoms with E-state index in [-0.39, 0.29) is 18.0 Å². The molecule has 0 amide bonds. The van der Waals surface area contributed by atoms with E-state index in [0.29, 0.717) is 40.7 Å². The van der Waals surface area contributed by atoms with Crippen molar-refractivity contribution in [2.75, 3.05) is 7.11 Å². The Labute approximate surface area is 195 Å². The van der Waals surface area contributed by atoms with E-state index in [2.05, 4.69) is 5.16 Å². The molecule has 1 aliphatic rings. The number of para-hydroxylation sites is 1. The highest BCUT2D eigenvalue weighted by molar-refractivity contribution is 6.15. The summed E-state index contributed by atoms with van der Waals surface area (Å²) in [5.41, 5.74) is 2.98. The lowest BCUT2D eigenvalue weighted by Crippen LogP contribution is -2.10. The van der Waals surface area contributed by atoms with Crippen LogP contribution in [-0.4, -0.2) is 28.6 Å². The molecule has 0 aliphatic carbocycles. The second kappa shape index (κ2) is 8.55. The van der Waals surface area contributed by atoms with Crippen molar-refractivity contribution in [3.63, 3.8) is 0 Å². The number of Topliss-reactive ketones (excluding diaryl/α,β-unsaturated/α-hetero) is 1. The second-order valence-electron chi connectivity index (χ2n) is 8.03. The number of rotatable bonds is 6. The number of carbonyl (C=O) groups excluding carboxylic acids is 2. The molecule has 0 saturated carbocycles. The normalized spacial score (nSPS) is 13.9. The molecule has 8 heteroatoms. The molecule has 2 aromatic heterocycles. The average molecular weight is 458 g/mol. The number of esters is 1. The summed E-state index contributed by atoms with van der Waals surface area (Å²) in [5, 5.41) is 4.74. The number of methoxy groups -OCH3 is 1. The first-order valence-electron chi connectivity index (χ1n) is 10.8. The van der Waals surface area contributed by atoms with E-state index in [0.717, 1.165) is 16.5 Å². The summed E-state index contributed by atoms with van der Waals surface area (Å²) in [6.07, 6.45) is 4.13. The van der Waals surface area contributed by atoms with Gasteiger partial charge in [-0.05, 0) is 36.4 Å². The lowest BCUT2D eigenvalue weighted by atomic mass is 10.1. The average Bonchev–Trinajstić information content (AvgIpc) is 3.52. The number of aryl methyl sites for hydroxylation is 2. The van der Waals surface area contributed by atoms with Crippen molar-refractivity contribution in [2.24, 2.45) is 7.05 Å². The third-order valence-corrected chi connectivity index (χ3v) is 5.80. The van der Waals surface area contributed by atoms with Crippen LogP contribution in [-0.2, 0) is 18.3 Å². The summed E-state index contributed by atoms with van der Waals surface area (Å²) in [4.78, 5) is 25.4. The minimum Gasteiger partial charge on any atom is -0.479 e. The third-order valence-electron chi connectivity index (χ3n) is 5.80. The number of nitrogens with zero attached hydrogens (tertiary/aromatic N) is 2. The van der Waals surface area contributed by atoms with Crippen LogP contribution < -0.4 is 14.2 Å². The largest absolute Gasteiger partial charge is 0.479 e. The zero-order valence-electron chi connectivity index (χ0n) is 19.0. The maximum Gasteiger partial charge on any atom is 0.311 e. The van der Waals surface area contributed by atoms with Crippen LogP contribution in [0.2, 0.25) is 0 Å². The van der Waals surface area contributed by atoms with Crippen molar-refractivity contribution >= 4 is 28.7 Å². The van der Waals surface area contributed by atoms with E-state index in [1.54, 1.807) is 31.2 Å². The predicted molar refractivity (Wildman–Crippen MR) is 124 cm³/mol. The molecule has 172 valence electrons. The van der Waals surface area contributed by atoms with E-state index in [4.69, 9.17) is 18.7 Å². The van der Waals surface area contributed by atoms with Gasteiger partial charge in [-0.3, -0.25) is 9.59 Å². The Bertz CT molecular complexity index is 1460. The maximum absolute atomic E-state index is 13.0. The fourth-order valence-corrected chi connectivity index (χ4v) is 4.01. The Kier molecular flexibility index (Phi) is 5.41. The van der Waals surface area contributed by atoms with Crippen LogP contribution in [0.25, 0.3) is 17.0 Å². The number of allylic oxidation sites excluding steroid dienone is 1. The van der Waals surface area contributed by atoms with Crippen molar-refractivity contribution in [1.29, 1.82) is 0 Å². The summed E-state index contributed by atoms with van der Waals surface area (Å²) >= 11 is 0. The van der Waals surface area contributed by atoms with E-state index >= 15 is 0 Å². The fourth-order valence-electron chi connectivity index (χ4n) is 4.01.